The molecule has 0 spiro atoms. The fraction of sp³-hybridized carbons (Fsp3) is 0.636. The molecular formula is C11H19N3O2. The molecule has 1 atom stereocenters. The van der Waals surface area contributed by atoms with E-state index in [1.54, 1.807) is 19.4 Å². The first-order valence-corrected chi connectivity index (χ1v) is 5.41. The summed E-state index contributed by atoms with van der Waals surface area (Å²) in [7, 11) is 1.57. The molecule has 2 N–H and O–H groups in total. The van der Waals surface area contributed by atoms with E-state index in [9.17, 15) is 0 Å². The van der Waals surface area contributed by atoms with Crippen molar-refractivity contribution in [3.8, 4) is 5.88 Å². The highest BCUT2D eigenvalue weighted by molar-refractivity contribution is 5.28. The molecule has 0 amide bonds. The summed E-state index contributed by atoms with van der Waals surface area (Å²) in [5, 5.41) is 12.2. The van der Waals surface area contributed by atoms with Crippen LogP contribution >= 0.6 is 0 Å². The Morgan fingerprint density at radius 3 is 2.81 bits per heavy atom. The van der Waals surface area contributed by atoms with Gasteiger partial charge in [-0.3, -0.25) is 0 Å². The van der Waals surface area contributed by atoms with Gasteiger partial charge >= 0.3 is 0 Å². The molecule has 90 valence electrons. The number of hydrogen-bond donors (Lipinski definition) is 2. The fourth-order valence-electron chi connectivity index (χ4n) is 1.40. The second-order valence-corrected chi connectivity index (χ2v) is 3.93. The maximum Gasteiger partial charge on any atom is 0.226 e. The van der Waals surface area contributed by atoms with Gasteiger partial charge in [-0.05, 0) is 12.3 Å². The Morgan fingerprint density at radius 1 is 1.50 bits per heavy atom. The number of hydrogen-bond acceptors (Lipinski definition) is 5. The molecule has 5 nitrogen and oxygen atoms in total. The van der Waals surface area contributed by atoms with Crippen molar-refractivity contribution in [2.24, 2.45) is 5.92 Å². The monoisotopic (exact) mass is 225 g/mol. The lowest BCUT2D eigenvalue weighted by molar-refractivity contribution is 0.267. The molecule has 1 aromatic rings. The number of aliphatic hydroxyl groups excluding tert-OH is 1. The van der Waals surface area contributed by atoms with Gasteiger partial charge in [-0.1, -0.05) is 13.8 Å². The largest absolute Gasteiger partial charge is 0.481 e. The van der Waals surface area contributed by atoms with Gasteiger partial charge in [0.15, 0.2) is 0 Å². The Labute approximate surface area is 95.9 Å². The lowest BCUT2D eigenvalue weighted by Crippen LogP contribution is -2.27. The number of nitrogens with one attached hydrogen (secondary N) is 1. The summed E-state index contributed by atoms with van der Waals surface area (Å²) in [4.78, 5) is 8.28. The SMILES string of the molecule is COc1ccnc(NC(CCO)C(C)C)n1. The van der Waals surface area contributed by atoms with Crippen LogP contribution in [-0.2, 0) is 0 Å². The van der Waals surface area contributed by atoms with E-state index < -0.39 is 0 Å². The first kappa shape index (κ1) is 12.7. The molecule has 16 heavy (non-hydrogen) atoms. The van der Waals surface area contributed by atoms with Crippen LogP contribution < -0.4 is 10.1 Å². The lowest BCUT2D eigenvalue weighted by atomic mass is 10.0. The summed E-state index contributed by atoms with van der Waals surface area (Å²) < 4.78 is 5.02. The molecule has 0 aliphatic rings. The highest BCUT2D eigenvalue weighted by Gasteiger charge is 2.13. The van der Waals surface area contributed by atoms with Crippen molar-refractivity contribution >= 4 is 5.95 Å². The maximum absolute atomic E-state index is 8.96. The Bertz CT molecular complexity index is 318. The Kier molecular flexibility index (Phi) is 4.98. The Balaban J connectivity index is 2.68. The van der Waals surface area contributed by atoms with Crippen molar-refractivity contribution in [1.82, 2.24) is 9.97 Å². The number of nitrogens with zero attached hydrogens (tertiary/aromatic N) is 2. The molecule has 0 aliphatic carbocycles. The second-order valence-electron chi connectivity index (χ2n) is 3.93. The standard InChI is InChI=1S/C11H19N3O2/c1-8(2)9(5-7-15)13-11-12-6-4-10(14-11)16-3/h4,6,8-9,15H,5,7H2,1-3H3,(H,12,13,14). The van der Waals surface area contributed by atoms with Crippen LogP contribution in [0.25, 0.3) is 0 Å². The van der Waals surface area contributed by atoms with E-state index in [0.717, 1.165) is 0 Å². The fourth-order valence-corrected chi connectivity index (χ4v) is 1.40. The molecule has 1 rings (SSSR count). The molecular weight excluding hydrogens is 206 g/mol. The predicted octanol–water partition coefficient (Wildman–Crippen LogP) is 1.30. The van der Waals surface area contributed by atoms with Crippen molar-refractivity contribution in [3.05, 3.63) is 12.3 Å². The molecule has 0 radical (unpaired) electrons. The van der Waals surface area contributed by atoms with Gasteiger partial charge in [-0.15, -0.1) is 0 Å². The van der Waals surface area contributed by atoms with Crippen LogP contribution in [0.5, 0.6) is 5.88 Å². The van der Waals surface area contributed by atoms with E-state index in [4.69, 9.17) is 9.84 Å². The van der Waals surface area contributed by atoms with Crippen molar-refractivity contribution in [1.29, 1.82) is 0 Å². The minimum atomic E-state index is 0.153. The van der Waals surface area contributed by atoms with Crippen LogP contribution in [-0.4, -0.2) is 34.8 Å². The normalized spacial score (nSPS) is 12.6. The average molecular weight is 225 g/mol. The molecule has 0 saturated carbocycles. The third kappa shape index (κ3) is 3.66. The number of ether oxygens (including phenoxy) is 1. The van der Waals surface area contributed by atoms with Crippen LogP contribution in [0.1, 0.15) is 20.3 Å². The zero-order chi connectivity index (χ0) is 12.0. The maximum atomic E-state index is 8.96. The number of aliphatic hydroxyl groups is 1. The number of aromatic nitrogens is 2. The van der Waals surface area contributed by atoms with Crippen molar-refractivity contribution in [2.45, 2.75) is 26.3 Å². The summed E-state index contributed by atoms with van der Waals surface area (Å²) in [6.45, 7) is 4.33. The smallest absolute Gasteiger partial charge is 0.226 e. The van der Waals surface area contributed by atoms with Gasteiger partial charge in [0.2, 0.25) is 11.8 Å². The van der Waals surface area contributed by atoms with E-state index >= 15 is 0 Å². The van der Waals surface area contributed by atoms with Gasteiger partial charge in [0.1, 0.15) is 0 Å². The Hall–Kier alpha value is -1.36. The number of rotatable bonds is 6. The van der Waals surface area contributed by atoms with Gasteiger partial charge in [0.05, 0.1) is 7.11 Å². The van der Waals surface area contributed by atoms with Crippen LogP contribution in [0, 0.1) is 5.92 Å². The van der Waals surface area contributed by atoms with E-state index in [1.165, 1.54) is 0 Å². The highest BCUT2D eigenvalue weighted by Crippen LogP contribution is 2.13. The van der Waals surface area contributed by atoms with Crippen molar-refractivity contribution in [2.75, 3.05) is 19.0 Å². The number of methoxy groups -OCH3 is 1. The van der Waals surface area contributed by atoms with E-state index in [2.05, 4.69) is 29.1 Å². The van der Waals surface area contributed by atoms with Crippen LogP contribution in [0.2, 0.25) is 0 Å². The van der Waals surface area contributed by atoms with Gasteiger partial charge < -0.3 is 15.2 Å². The summed E-state index contributed by atoms with van der Waals surface area (Å²) in [6.07, 6.45) is 2.32. The molecule has 0 aromatic carbocycles. The minimum absolute atomic E-state index is 0.153. The molecule has 1 aromatic heterocycles. The second kappa shape index (κ2) is 6.27. The molecule has 5 heteroatoms. The van der Waals surface area contributed by atoms with Gasteiger partial charge in [0, 0.05) is 24.9 Å². The molecule has 1 heterocycles. The molecule has 0 bridgehead atoms. The van der Waals surface area contributed by atoms with Gasteiger partial charge in [-0.25, -0.2) is 4.98 Å². The Morgan fingerprint density at radius 2 is 2.25 bits per heavy atom. The van der Waals surface area contributed by atoms with E-state index in [-0.39, 0.29) is 12.6 Å². The lowest BCUT2D eigenvalue weighted by Gasteiger charge is -2.21. The first-order chi connectivity index (χ1) is 7.67. The molecule has 1 unspecified atom stereocenters. The molecule has 0 fully saturated rings. The summed E-state index contributed by atoms with van der Waals surface area (Å²) >= 11 is 0. The highest BCUT2D eigenvalue weighted by atomic mass is 16.5. The third-order valence-electron chi connectivity index (χ3n) is 2.40. The third-order valence-corrected chi connectivity index (χ3v) is 2.40. The molecule has 0 aliphatic heterocycles. The quantitative estimate of drug-likeness (QED) is 0.764. The van der Waals surface area contributed by atoms with Crippen molar-refractivity contribution < 1.29 is 9.84 Å². The van der Waals surface area contributed by atoms with E-state index in [0.29, 0.717) is 24.2 Å². The molecule has 0 saturated heterocycles. The van der Waals surface area contributed by atoms with Gasteiger partial charge in [0.25, 0.3) is 0 Å². The number of anilines is 1. The topological polar surface area (TPSA) is 67.3 Å². The van der Waals surface area contributed by atoms with Gasteiger partial charge in [-0.2, -0.15) is 4.98 Å². The predicted molar refractivity (Wildman–Crippen MR) is 62.5 cm³/mol. The van der Waals surface area contributed by atoms with Crippen LogP contribution in [0.3, 0.4) is 0 Å². The van der Waals surface area contributed by atoms with Crippen LogP contribution in [0.15, 0.2) is 12.3 Å². The van der Waals surface area contributed by atoms with Crippen molar-refractivity contribution in [3.63, 3.8) is 0 Å². The first-order valence-electron chi connectivity index (χ1n) is 5.41. The summed E-state index contributed by atoms with van der Waals surface area (Å²) in [5.41, 5.74) is 0. The zero-order valence-corrected chi connectivity index (χ0v) is 9.97. The summed E-state index contributed by atoms with van der Waals surface area (Å²) in [6, 6.07) is 1.86. The van der Waals surface area contributed by atoms with E-state index in [1.807, 2.05) is 0 Å². The zero-order valence-electron chi connectivity index (χ0n) is 9.97. The summed E-state index contributed by atoms with van der Waals surface area (Å²) in [5.74, 6) is 1.47. The van der Waals surface area contributed by atoms with Crippen LogP contribution in [0.4, 0.5) is 5.95 Å². The minimum Gasteiger partial charge on any atom is -0.481 e. The average Bonchev–Trinajstić information content (AvgIpc) is 2.28.